The Labute approximate surface area is 105 Å². The van der Waals surface area contributed by atoms with E-state index in [1.54, 1.807) is 0 Å². The Bertz CT molecular complexity index is 228. The van der Waals surface area contributed by atoms with E-state index in [0.717, 1.165) is 51.6 Å². The Balaban J connectivity index is 2.46. The summed E-state index contributed by atoms with van der Waals surface area (Å²) in [4.78, 5) is 13.7. The van der Waals surface area contributed by atoms with E-state index in [4.69, 9.17) is 0 Å². The molecule has 1 N–H and O–H groups in total. The number of hydrogen-bond acceptors (Lipinski definition) is 3. The molecule has 0 radical (unpaired) electrons. The number of piperidine rings is 1. The minimum Gasteiger partial charge on any atom is -0.393 e. The van der Waals surface area contributed by atoms with Gasteiger partial charge in [0.25, 0.3) is 0 Å². The van der Waals surface area contributed by atoms with Crippen LogP contribution in [-0.2, 0) is 4.79 Å². The molecule has 3 nitrogen and oxygen atoms in total. The molecule has 0 amide bonds. The zero-order chi connectivity index (χ0) is 12.9. The smallest absolute Gasteiger partial charge is 0.127 e. The van der Waals surface area contributed by atoms with E-state index in [-0.39, 0.29) is 11.5 Å². The van der Waals surface area contributed by atoms with Crippen LogP contribution in [-0.4, -0.2) is 42.0 Å². The first-order valence-electron chi connectivity index (χ1n) is 6.93. The number of carbonyl (C=O) groups is 1. The van der Waals surface area contributed by atoms with Gasteiger partial charge in [0.2, 0.25) is 0 Å². The second kappa shape index (κ2) is 6.50. The molecule has 100 valence electrons. The van der Waals surface area contributed by atoms with Crippen molar-refractivity contribution in [3.05, 3.63) is 0 Å². The first-order chi connectivity index (χ1) is 8.06. The van der Waals surface area contributed by atoms with Crippen LogP contribution < -0.4 is 0 Å². The second-order valence-electron chi connectivity index (χ2n) is 5.54. The molecule has 0 saturated carbocycles. The van der Waals surface area contributed by atoms with Gasteiger partial charge in [0.15, 0.2) is 0 Å². The first-order valence-corrected chi connectivity index (χ1v) is 6.93. The zero-order valence-electron chi connectivity index (χ0n) is 11.5. The topological polar surface area (TPSA) is 40.5 Å². The average molecular weight is 241 g/mol. The quantitative estimate of drug-likeness (QED) is 0.724. The first kappa shape index (κ1) is 14.7. The summed E-state index contributed by atoms with van der Waals surface area (Å²) in [6.45, 7) is 9.00. The monoisotopic (exact) mass is 241 g/mol. The fourth-order valence-corrected chi connectivity index (χ4v) is 2.72. The van der Waals surface area contributed by atoms with Crippen LogP contribution in [0.2, 0.25) is 0 Å². The number of nitrogens with zero attached hydrogens (tertiary/aromatic N) is 1. The summed E-state index contributed by atoms with van der Waals surface area (Å²) in [6.07, 6.45) is 4.91. The Kier molecular flexibility index (Phi) is 5.60. The number of hydrogen-bond donors (Lipinski definition) is 1. The minimum atomic E-state index is -0.190. The Morgan fingerprint density at radius 1 is 1.35 bits per heavy atom. The Morgan fingerprint density at radius 3 is 2.24 bits per heavy atom. The largest absolute Gasteiger partial charge is 0.393 e. The molecule has 0 bridgehead atoms. The summed E-state index contributed by atoms with van der Waals surface area (Å²) in [6, 6.07) is 0. The molecule has 1 aliphatic rings. The lowest BCUT2D eigenvalue weighted by Gasteiger charge is -2.38. The van der Waals surface area contributed by atoms with Gasteiger partial charge in [0.05, 0.1) is 6.10 Å². The van der Waals surface area contributed by atoms with Crippen molar-refractivity contribution < 1.29 is 9.90 Å². The highest BCUT2D eigenvalue weighted by Gasteiger charge is 2.31. The van der Waals surface area contributed by atoms with Gasteiger partial charge in [-0.3, -0.25) is 0 Å². The molecule has 1 aliphatic heterocycles. The Hall–Kier alpha value is -0.410. The minimum absolute atomic E-state index is 0.155. The number of rotatable bonds is 6. The lowest BCUT2D eigenvalue weighted by Crippen LogP contribution is -2.43. The van der Waals surface area contributed by atoms with Crippen molar-refractivity contribution in [3.63, 3.8) is 0 Å². The predicted octanol–water partition coefficient (Wildman–Crippen LogP) is 2.08. The molecule has 17 heavy (non-hydrogen) atoms. The van der Waals surface area contributed by atoms with Crippen LogP contribution in [0.25, 0.3) is 0 Å². The third-order valence-corrected chi connectivity index (χ3v) is 4.51. The molecule has 1 fully saturated rings. The standard InChI is InChI=1S/C14H27NO2/c1-4-14(5-2,11-16)10-15-8-6-13(7-9-15)12(3)17/h11-13,17H,4-10H2,1-3H3. The molecule has 0 aromatic rings. The summed E-state index contributed by atoms with van der Waals surface area (Å²) >= 11 is 0. The third-order valence-electron chi connectivity index (χ3n) is 4.51. The van der Waals surface area contributed by atoms with Crippen molar-refractivity contribution in [3.8, 4) is 0 Å². The lowest BCUT2D eigenvalue weighted by molar-refractivity contribution is -0.118. The van der Waals surface area contributed by atoms with E-state index < -0.39 is 0 Å². The van der Waals surface area contributed by atoms with E-state index in [9.17, 15) is 9.90 Å². The molecule has 1 unspecified atom stereocenters. The van der Waals surface area contributed by atoms with Gasteiger partial charge in [-0.25, -0.2) is 0 Å². The highest BCUT2D eigenvalue weighted by atomic mass is 16.3. The van der Waals surface area contributed by atoms with Crippen LogP contribution in [0.4, 0.5) is 0 Å². The molecular formula is C14H27NO2. The third kappa shape index (κ3) is 3.78. The maximum atomic E-state index is 11.3. The molecule has 1 saturated heterocycles. The van der Waals surface area contributed by atoms with E-state index in [1.165, 1.54) is 0 Å². The average Bonchev–Trinajstić information content (AvgIpc) is 2.37. The van der Waals surface area contributed by atoms with Gasteiger partial charge in [-0.1, -0.05) is 13.8 Å². The molecule has 1 rings (SSSR count). The zero-order valence-corrected chi connectivity index (χ0v) is 11.5. The van der Waals surface area contributed by atoms with Crippen LogP contribution >= 0.6 is 0 Å². The van der Waals surface area contributed by atoms with E-state index >= 15 is 0 Å². The number of aldehydes is 1. The van der Waals surface area contributed by atoms with Gasteiger partial charge in [-0.15, -0.1) is 0 Å². The van der Waals surface area contributed by atoms with E-state index in [1.807, 2.05) is 6.92 Å². The maximum absolute atomic E-state index is 11.3. The van der Waals surface area contributed by atoms with Crippen molar-refractivity contribution in [2.75, 3.05) is 19.6 Å². The maximum Gasteiger partial charge on any atom is 0.127 e. The van der Waals surface area contributed by atoms with Crippen molar-refractivity contribution in [1.82, 2.24) is 4.90 Å². The number of aliphatic hydroxyl groups is 1. The van der Waals surface area contributed by atoms with Crippen LogP contribution in [0.5, 0.6) is 0 Å². The summed E-state index contributed by atoms with van der Waals surface area (Å²) < 4.78 is 0. The molecule has 1 heterocycles. The van der Waals surface area contributed by atoms with Gasteiger partial charge >= 0.3 is 0 Å². The van der Waals surface area contributed by atoms with Crippen molar-refractivity contribution in [2.24, 2.45) is 11.3 Å². The molecule has 0 spiro atoms. The van der Waals surface area contributed by atoms with Gasteiger partial charge in [0.1, 0.15) is 6.29 Å². The second-order valence-corrected chi connectivity index (χ2v) is 5.54. The van der Waals surface area contributed by atoms with Crippen LogP contribution in [0, 0.1) is 11.3 Å². The fourth-order valence-electron chi connectivity index (χ4n) is 2.72. The highest BCUT2D eigenvalue weighted by Crippen LogP contribution is 2.28. The fraction of sp³-hybridized carbons (Fsp3) is 0.929. The van der Waals surface area contributed by atoms with Gasteiger partial charge in [-0.2, -0.15) is 0 Å². The van der Waals surface area contributed by atoms with Crippen LogP contribution in [0.3, 0.4) is 0 Å². The molecule has 0 aliphatic carbocycles. The molecule has 1 atom stereocenters. The van der Waals surface area contributed by atoms with Gasteiger partial charge < -0.3 is 14.8 Å². The molecule has 3 heteroatoms. The number of aliphatic hydroxyl groups excluding tert-OH is 1. The normalized spacial score (nSPS) is 21.4. The van der Waals surface area contributed by atoms with Gasteiger partial charge in [0, 0.05) is 12.0 Å². The number of carbonyl (C=O) groups excluding carboxylic acids is 1. The summed E-state index contributed by atoms with van der Waals surface area (Å²) in [5.41, 5.74) is -0.155. The van der Waals surface area contributed by atoms with Crippen molar-refractivity contribution >= 4 is 6.29 Å². The van der Waals surface area contributed by atoms with Gasteiger partial charge in [-0.05, 0) is 51.6 Å². The SMILES string of the molecule is CCC(C=O)(CC)CN1CCC(C(C)O)CC1. The van der Waals surface area contributed by atoms with Crippen LogP contribution in [0.1, 0.15) is 46.5 Å². The van der Waals surface area contributed by atoms with E-state index in [0.29, 0.717) is 5.92 Å². The summed E-state index contributed by atoms with van der Waals surface area (Å²) in [5.74, 6) is 0.445. The Morgan fingerprint density at radius 2 is 1.88 bits per heavy atom. The molecular weight excluding hydrogens is 214 g/mol. The predicted molar refractivity (Wildman–Crippen MR) is 69.9 cm³/mol. The van der Waals surface area contributed by atoms with Crippen molar-refractivity contribution in [2.45, 2.75) is 52.6 Å². The molecule has 0 aromatic carbocycles. The summed E-state index contributed by atoms with van der Waals surface area (Å²) in [7, 11) is 0. The highest BCUT2D eigenvalue weighted by molar-refractivity contribution is 5.59. The lowest BCUT2D eigenvalue weighted by atomic mass is 9.82. The summed E-state index contributed by atoms with van der Waals surface area (Å²) in [5, 5.41) is 9.56. The molecule has 0 aromatic heterocycles. The van der Waals surface area contributed by atoms with E-state index in [2.05, 4.69) is 18.7 Å². The number of likely N-dealkylation sites (tertiary alicyclic amines) is 1. The van der Waals surface area contributed by atoms with Crippen molar-refractivity contribution in [1.29, 1.82) is 0 Å². The van der Waals surface area contributed by atoms with Crippen LogP contribution in [0.15, 0.2) is 0 Å².